The predicted octanol–water partition coefficient (Wildman–Crippen LogP) is 1.86. The van der Waals surface area contributed by atoms with E-state index in [4.69, 9.17) is 0 Å². The lowest BCUT2D eigenvalue weighted by Crippen LogP contribution is -2.45. The summed E-state index contributed by atoms with van der Waals surface area (Å²) < 4.78 is 0. The Balaban J connectivity index is 1.84. The van der Waals surface area contributed by atoms with Crippen LogP contribution in [0.1, 0.15) is 38.2 Å². The van der Waals surface area contributed by atoms with Crippen molar-refractivity contribution in [2.45, 2.75) is 38.1 Å². The van der Waals surface area contributed by atoms with Crippen molar-refractivity contribution < 1.29 is 14.4 Å². The van der Waals surface area contributed by atoms with Gasteiger partial charge in [0.1, 0.15) is 12.1 Å². The van der Waals surface area contributed by atoms with Crippen LogP contribution in [0, 0.1) is 0 Å². The van der Waals surface area contributed by atoms with Gasteiger partial charge < -0.3 is 10.2 Å². The summed E-state index contributed by atoms with van der Waals surface area (Å²) in [6, 6.07) is 8.79. The molecule has 0 radical (unpaired) electrons. The fourth-order valence-electron chi connectivity index (χ4n) is 3.58. The summed E-state index contributed by atoms with van der Waals surface area (Å²) in [4.78, 5) is 40.6. The van der Waals surface area contributed by atoms with Crippen molar-refractivity contribution in [2.24, 2.45) is 0 Å². The Labute approximate surface area is 141 Å². The maximum Gasteiger partial charge on any atom is 0.325 e. The first-order valence-electron chi connectivity index (χ1n) is 8.56. The van der Waals surface area contributed by atoms with Crippen molar-refractivity contribution in [3.05, 3.63) is 35.9 Å². The lowest BCUT2D eigenvalue weighted by Gasteiger charge is -2.27. The Kier molecular flexibility index (Phi) is 4.55. The number of carbonyl (C=O) groups is 3. The van der Waals surface area contributed by atoms with Crippen LogP contribution in [0.25, 0.3) is 0 Å². The first kappa shape index (κ1) is 16.5. The standard InChI is InChI=1S/C18H23N3O3/c1-2-10-18(14-8-4-3-5-9-14)16(23)21(17(24)19-18)13-15(22)20-11-6-7-12-20/h3-5,8-9H,2,6-7,10-13H2,1H3,(H,19,24). The Bertz CT molecular complexity index is 640. The van der Waals surface area contributed by atoms with Gasteiger partial charge >= 0.3 is 6.03 Å². The second-order valence-electron chi connectivity index (χ2n) is 6.43. The number of amides is 4. The summed E-state index contributed by atoms with van der Waals surface area (Å²) in [6.07, 6.45) is 3.22. The number of urea groups is 1. The van der Waals surface area contributed by atoms with Gasteiger partial charge in [-0.3, -0.25) is 14.5 Å². The lowest BCUT2D eigenvalue weighted by atomic mass is 9.85. The van der Waals surface area contributed by atoms with Crippen molar-refractivity contribution in [3.63, 3.8) is 0 Å². The molecule has 2 fully saturated rings. The second-order valence-corrected chi connectivity index (χ2v) is 6.43. The molecule has 24 heavy (non-hydrogen) atoms. The smallest absolute Gasteiger partial charge is 0.325 e. The van der Waals surface area contributed by atoms with Crippen LogP contribution >= 0.6 is 0 Å². The molecule has 128 valence electrons. The fourth-order valence-corrected chi connectivity index (χ4v) is 3.58. The van der Waals surface area contributed by atoms with Crippen LogP contribution in [0.4, 0.5) is 4.79 Å². The monoisotopic (exact) mass is 329 g/mol. The molecule has 0 aliphatic carbocycles. The van der Waals surface area contributed by atoms with E-state index in [-0.39, 0.29) is 18.4 Å². The number of likely N-dealkylation sites (tertiary alicyclic amines) is 1. The fraction of sp³-hybridized carbons (Fsp3) is 0.500. The topological polar surface area (TPSA) is 69.7 Å². The molecule has 0 aromatic heterocycles. The van der Waals surface area contributed by atoms with Gasteiger partial charge in [0.15, 0.2) is 0 Å². The first-order valence-corrected chi connectivity index (χ1v) is 8.56. The molecule has 6 heteroatoms. The number of nitrogens with zero attached hydrogens (tertiary/aromatic N) is 2. The van der Waals surface area contributed by atoms with Gasteiger partial charge in [-0.25, -0.2) is 4.79 Å². The van der Waals surface area contributed by atoms with Crippen molar-refractivity contribution in [1.82, 2.24) is 15.1 Å². The number of rotatable bonds is 5. The molecule has 0 bridgehead atoms. The molecule has 0 spiro atoms. The minimum Gasteiger partial charge on any atom is -0.341 e. The molecular weight excluding hydrogens is 306 g/mol. The van der Waals surface area contributed by atoms with E-state index in [0.717, 1.165) is 29.7 Å². The summed E-state index contributed by atoms with van der Waals surface area (Å²) in [6.45, 7) is 3.22. The van der Waals surface area contributed by atoms with E-state index in [1.165, 1.54) is 0 Å². The zero-order chi connectivity index (χ0) is 17.2. The number of carbonyl (C=O) groups excluding carboxylic acids is 3. The van der Waals surface area contributed by atoms with Gasteiger partial charge in [0, 0.05) is 13.1 Å². The van der Waals surface area contributed by atoms with E-state index in [9.17, 15) is 14.4 Å². The van der Waals surface area contributed by atoms with Gasteiger partial charge in [-0.1, -0.05) is 43.7 Å². The summed E-state index contributed by atoms with van der Waals surface area (Å²) in [7, 11) is 0. The summed E-state index contributed by atoms with van der Waals surface area (Å²) in [5.74, 6) is -0.482. The summed E-state index contributed by atoms with van der Waals surface area (Å²) in [5, 5.41) is 2.85. The van der Waals surface area contributed by atoms with Crippen molar-refractivity contribution >= 4 is 17.8 Å². The van der Waals surface area contributed by atoms with Crippen LogP contribution in [0.3, 0.4) is 0 Å². The number of nitrogens with one attached hydrogen (secondary N) is 1. The molecule has 0 saturated carbocycles. The van der Waals surface area contributed by atoms with Gasteiger partial charge in [0.05, 0.1) is 0 Å². The number of hydrogen-bond acceptors (Lipinski definition) is 3. The molecule has 2 aliphatic heterocycles. The van der Waals surface area contributed by atoms with E-state index in [2.05, 4.69) is 5.32 Å². The molecule has 1 unspecified atom stereocenters. The Morgan fingerprint density at radius 3 is 2.46 bits per heavy atom. The van der Waals surface area contributed by atoms with Crippen LogP contribution in [0.15, 0.2) is 30.3 Å². The SMILES string of the molecule is CCCC1(c2ccccc2)NC(=O)N(CC(=O)N2CCCC2)C1=O. The molecular formula is C18H23N3O3. The number of hydrogen-bond donors (Lipinski definition) is 1. The van der Waals surface area contributed by atoms with Gasteiger partial charge in [0.25, 0.3) is 5.91 Å². The highest BCUT2D eigenvalue weighted by Gasteiger charge is 2.52. The number of imide groups is 1. The molecule has 1 aromatic rings. The van der Waals surface area contributed by atoms with Crippen LogP contribution < -0.4 is 5.32 Å². The molecule has 2 saturated heterocycles. The van der Waals surface area contributed by atoms with Crippen molar-refractivity contribution in [1.29, 1.82) is 0 Å². The highest BCUT2D eigenvalue weighted by atomic mass is 16.2. The largest absolute Gasteiger partial charge is 0.341 e. The average molecular weight is 329 g/mol. The second kappa shape index (κ2) is 6.63. The van der Waals surface area contributed by atoms with Crippen molar-refractivity contribution in [3.8, 4) is 0 Å². The average Bonchev–Trinajstić information content (AvgIpc) is 3.20. The molecule has 3 rings (SSSR count). The van der Waals surface area contributed by atoms with Gasteiger partial charge in [-0.15, -0.1) is 0 Å². The maximum absolute atomic E-state index is 13.1. The maximum atomic E-state index is 13.1. The highest BCUT2D eigenvalue weighted by molar-refractivity contribution is 6.09. The molecule has 2 heterocycles. The third kappa shape index (κ3) is 2.77. The minimum atomic E-state index is -1.06. The quantitative estimate of drug-likeness (QED) is 0.838. The molecule has 1 aromatic carbocycles. The van der Waals surface area contributed by atoms with Crippen molar-refractivity contribution in [2.75, 3.05) is 19.6 Å². The summed E-state index contributed by atoms with van der Waals surface area (Å²) in [5.41, 5.74) is -0.292. The minimum absolute atomic E-state index is 0.156. The zero-order valence-corrected chi connectivity index (χ0v) is 14.0. The van der Waals surface area contributed by atoms with E-state index in [1.54, 1.807) is 4.90 Å². The number of benzene rings is 1. The Hall–Kier alpha value is -2.37. The zero-order valence-electron chi connectivity index (χ0n) is 14.0. The van der Waals surface area contributed by atoms with E-state index >= 15 is 0 Å². The van der Waals surface area contributed by atoms with Gasteiger partial charge in [-0.2, -0.15) is 0 Å². The van der Waals surface area contributed by atoms with Crippen LogP contribution in [0.5, 0.6) is 0 Å². The molecule has 2 aliphatic rings. The Morgan fingerprint density at radius 1 is 1.17 bits per heavy atom. The van der Waals surface area contributed by atoms with Gasteiger partial charge in [0.2, 0.25) is 5.91 Å². The van der Waals surface area contributed by atoms with E-state index in [0.29, 0.717) is 19.5 Å². The van der Waals surface area contributed by atoms with Crippen LogP contribution in [0.2, 0.25) is 0 Å². The summed E-state index contributed by atoms with van der Waals surface area (Å²) >= 11 is 0. The lowest BCUT2D eigenvalue weighted by molar-refractivity contribution is -0.138. The predicted molar refractivity (Wildman–Crippen MR) is 89.1 cm³/mol. The first-order chi connectivity index (χ1) is 11.6. The van der Waals surface area contributed by atoms with E-state index < -0.39 is 11.6 Å². The van der Waals surface area contributed by atoms with Crippen LogP contribution in [-0.4, -0.2) is 47.3 Å². The Morgan fingerprint density at radius 2 is 1.83 bits per heavy atom. The van der Waals surface area contributed by atoms with Crippen LogP contribution in [-0.2, 0) is 15.1 Å². The molecule has 1 atom stereocenters. The third-order valence-corrected chi connectivity index (χ3v) is 4.82. The van der Waals surface area contributed by atoms with E-state index in [1.807, 2.05) is 37.3 Å². The van der Waals surface area contributed by atoms with Gasteiger partial charge in [-0.05, 0) is 24.8 Å². The highest BCUT2D eigenvalue weighted by Crippen LogP contribution is 2.33. The molecule has 4 amide bonds. The normalized spacial score (nSPS) is 23.7. The molecule has 6 nitrogen and oxygen atoms in total. The third-order valence-electron chi connectivity index (χ3n) is 4.82. The molecule has 1 N–H and O–H groups in total.